The number of para-hydroxylation sites is 2. The lowest BCUT2D eigenvalue weighted by atomic mass is 10.1. The minimum atomic E-state index is -0.329. The van der Waals surface area contributed by atoms with Crippen LogP contribution in [0.15, 0.2) is 83.7 Å². The van der Waals surface area contributed by atoms with E-state index >= 15 is 0 Å². The first-order chi connectivity index (χ1) is 14.3. The first-order valence-electron chi connectivity index (χ1n) is 9.14. The number of hydrogen-bond acceptors (Lipinski definition) is 4. The molecule has 3 aromatic heterocycles. The van der Waals surface area contributed by atoms with E-state index in [0.717, 1.165) is 22.0 Å². The average molecular weight is 380 g/mol. The van der Waals surface area contributed by atoms with E-state index in [9.17, 15) is 4.39 Å². The second-order valence-corrected chi connectivity index (χ2v) is 6.76. The predicted octanol–water partition coefficient (Wildman–Crippen LogP) is 5.52. The summed E-state index contributed by atoms with van der Waals surface area (Å²) < 4.78 is 21.8. The number of nitrogens with zero attached hydrogens (tertiary/aromatic N) is 4. The Morgan fingerprint density at radius 2 is 1.79 bits per heavy atom. The molecule has 0 radical (unpaired) electrons. The van der Waals surface area contributed by atoms with E-state index in [4.69, 9.17) is 9.40 Å². The number of halogens is 1. The second kappa shape index (κ2) is 5.97. The third kappa shape index (κ3) is 2.36. The summed E-state index contributed by atoms with van der Waals surface area (Å²) in [4.78, 5) is 13.4. The molecular weight excluding hydrogens is 367 g/mol. The van der Waals surface area contributed by atoms with Crippen LogP contribution in [0.3, 0.4) is 0 Å². The standard InChI is InChI=1S/C23H13FN4O/c24-14-9-10-16-17-7-4-8-18(21(17)29-20(16)11-14)22-27-19-12-25-13-26-23(19)28(22)15-5-2-1-3-6-15/h1-13H. The largest absolute Gasteiger partial charge is 0.455 e. The van der Waals surface area contributed by atoms with E-state index < -0.39 is 0 Å². The molecule has 6 heteroatoms. The van der Waals surface area contributed by atoms with Gasteiger partial charge in [-0.1, -0.05) is 30.3 Å². The fourth-order valence-corrected chi connectivity index (χ4v) is 3.78. The molecule has 0 fully saturated rings. The van der Waals surface area contributed by atoms with Crippen LogP contribution >= 0.6 is 0 Å². The second-order valence-electron chi connectivity index (χ2n) is 6.76. The van der Waals surface area contributed by atoms with Crippen molar-refractivity contribution in [2.75, 3.05) is 0 Å². The highest BCUT2D eigenvalue weighted by atomic mass is 19.1. The zero-order valence-electron chi connectivity index (χ0n) is 15.1. The molecule has 0 saturated carbocycles. The van der Waals surface area contributed by atoms with Crippen molar-refractivity contribution >= 4 is 33.1 Å². The maximum atomic E-state index is 13.7. The molecule has 6 aromatic rings. The molecule has 0 aliphatic carbocycles. The van der Waals surface area contributed by atoms with Crippen molar-refractivity contribution in [1.29, 1.82) is 0 Å². The summed E-state index contributed by atoms with van der Waals surface area (Å²) >= 11 is 0. The third-order valence-electron chi connectivity index (χ3n) is 5.04. The number of hydrogen-bond donors (Lipinski definition) is 0. The van der Waals surface area contributed by atoms with E-state index in [1.807, 2.05) is 53.1 Å². The van der Waals surface area contributed by atoms with Crippen LogP contribution in [0.5, 0.6) is 0 Å². The molecule has 0 amide bonds. The molecule has 0 unspecified atom stereocenters. The minimum Gasteiger partial charge on any atom is -0.455 e. The molecule has 0 saturated heterocycles. The van der Waals surface area contributed by atoms with Gasteiger partial charge in [0.1, 0.15) is 28.8 Å². The Hall–Kier alpha value is -4.06. The Bertz CT molecular complexity index is 1520. The Kier molecular flexibility index (Phi) is 3.28. The number of furan rings is 1. The molecule has 5 nitrogen and oxygen atoms in total. The number of imidazole rings is 1. The molecule has 138 valence electrons. The Morgan fingerprint density at radius 3 is 2.69 bits per heavy atom. The van der Waals surface area contributed by atoms with Gasteiger partial charge in [0, 0.05) is 22.5 Å². The maximum absolute atomic E-state index is 13.7. The molecule has 3 aromatic carbocycles. The summed E-state index contributed by atoms with van der Waals surface area (Å²) in [6, 6.07) is 20.4. The van der Waals surface area contributed by atoms with E-state index in [1.54, 1.807) is 12.3 Å². The van der Waals surface area contributed by atoms with Crippen molar-refractivity contribution in [3.8, 4) is 17.1 Å². The highest BCUT2D eigenvalue weighted by Gasteiger charge is 2.20. The Labute approximate surface area is 164 Å². The smallest absolute Gasteiger partial charge is 0.168 e. The van der Waals surface area contributed by atoms with Crippen LogP contribution in [0, 0.1) is 5.82 Å². The Balaban J connectivity index is 1.73. The predicted molar refractivity (Wildman–Crippen MR) is 109 cm³/mol. The van der Waals surface area contributed by atoms with E-state index in [2.05, 4.69) is 9.97 Å². The van der Waals surface area contributed by atoms with Gasteiger partial charge in [-0.05, 0) is 30.3 Å². The van der Waals surface area contributed by atoms with Gasteiger partial charge in [0.2, 0.25) is 0 Å². The van der Waals surface area contributed by atoms with Gasteiger partial charge < -0.3 is 4.42 Å². The monoisotopic (exact) mass is 380 g/mol. The van der Waals surface area contributed by atoms with Crippen molar-refractivity contribution in [2.24, 2.45) is 0 Å². The lowest BCUT2D eigenvalue weighted by Gasteiger charge is -2.09. The van der Waals surface area contributed by atoms with Gasteiger partial charge in [-0.2, -0.15) is 0 Å². The quantitative estimate of drug-likeness (QED) is 0.397. The number of rotatable bonds is 2. The van der Waals surface area contributed by atoms with E-state index in [0.29, 0.717) is 28.2 Å². The van der Waals surface area contributed by atoms with Crippen LogP contribution in [-0.4, -0.2) is 19.5 Å². The zero-order chi connectivity index (χ0) is 19.4. The van der Waals surface area contributed by atoms with Crippen molar-refractivity contribution in [3.63, 3.8) is 0 Å². The molecular formula is C23H13FN4O. The minimum absolute atomic E-state index is 0.329. The van der Waals surface area contributed by atoms with E-state index in [1.165, 1.54) is 18.5 Å². The molecule has 0 aliphatic rings. The van der Waals surface area contributed by atoms with Crippen LogP contribution in [0.2, 0.25) is 0 Å². The number of benzene rings is 3. The first-order valence-corrected chi connectivity index (χ1v) is 9.14. The lowest BCUT2D eigenvalue weighted by Crippen LogP contribution is -1.98. The molecule has 0 bridgehead atoms. The van der Waals surface area contributed by atoms with Crippen molar-refractivity contribution < 1.29 is 8.81 Å². The van der Waals surface area contributed by atoms with Crippen LogP contribution in [0.1, 0.15) is 0 Å². The lowest BCUT2D eigenvalue weighted by molar-refractivity contribution is 0.618. The van der Waals surface area contributed by atoms with Crippen molar-refractivity contribution in [2.45, 2.75) is 0 Å². The molecule has 0 N–H and O–H groups in total. The van der Waals surface area contributed by atoms with Gasteiger partial charge in [-0.3, -0.25) is 4.57 Å². The van der Waals surface area contributed by atoms with Crippen molar-refractivity contribution in [3.05, 3.63) is 85.1 Å². The molecule has 0 spiro atoms. The van der Waals surface area contributed by atoms with Gasteiger partial charge in [0.05, 0.1) is 11.8 Å². The number of aromatic nitrogens is 4. The summed E-state index contributed by atoms with van der Waals surface area (Å²) in [6.07, 6.45) is 3.21. The van der Waals surface area contributed by atoms with Gasteiger partial charge in [-0.25, -0.2) is 19.3 Å². The average Bonchev–Trinajstić information content (AvgIpc) is 3.32. The van der Waals surface area contributed by atoms with Crippen LogP contribution in [0.4, 0.5) is 4.39 Å². The SMILES string of the molecule is Fc1ccc2c(c1)oc1c(-c3nc4cncnc4n3-c3ccccc3)cccc12. The summed E-state index contributed by atoms with van der Waals surface area (Å²) in [5.74, 6) is 0.363. The first kappa shape index (κ1) is 15.9. The van der Waals surface area contributed by atoms with Gasteiger partial charge in [-0.15, -0.1) is 0 Å². The topological polar surface area (TPSA) is 56.7 Å². The van der Waals surface area contributed by atoms with E-state index in [-0.39, 0.29) is 5.82 Å². The van der Waals surface area contributed by atoms with Gasteiger partial charge >= 0.3 is 0 Å². The normalized spacial score (nSPS) is 11.6. The van der Waals surface area contributed by atoms with Gasteiger partial charge in [0.25, 0.3) is 0 Å². The third-order valence-corrected chi connectivity index (χ3v) is 5.04. The molecule has 0 aliphatic heterocycles. The summed E-state index contributed by atoms with van der Waals surface area (Å²) in [5, 5.41) is 1.78. The molecule has 29 heavy (non-hydrogen) atoms. The van der Waals surface area contributed by atoms with Crippen LogP contribution < -0.4 is 0 Å². The summed E-state index contributed by atoms with van der Waals surface area (Å²) in [6.45, 7) is 0. The molecule has 3 heterocycles. The number of fused-ring (bicyclic) bond motifs is 4. The molecule has 0 atom stereocenters. The highest BCUT2D eigenvalue weighted by Crippen LogP contribution is 2.37. The fourth-order valence-electron chi connectivity index (χ4n) is 3.78. The summed E-state index contributed by atoms with van der Waals surface area (Å²) in [5.41, 5.74) is 4.30. The molecule has 6 rings (SSSR count). The highest BCUT2D eigenvalue weighted by molar-refractivity contribution is 6.09. The van der Waals surface area contributed by atoms with Crippen LogP contribution in [0.25, 0.3) is 50.2 Å². The summed E-state index contributed by atoms with van der Waals surface area (Å²) in [7, 11) is 0. The van der Waals surface area contributed by atoms with Crippen molar-refractivity contribution in [1.82, 2.24) is 19.5 Å². The zero-order valence-corrected chi connectivity index (χ0v) is 15.1. The van der Waals surface area contributed by atoms with Crippen LogP contribution in [-0.2, 0) is 0 Å². The fraction of sp³-hybridized carbons (Fsp3) is 0. The van der Waals surface area contributed by atoms with Gasteiger partial charge in [0.15, 0.2) is 11.5 Å². The maximum Gasteiger partial charge on any atom is 0.168 e. The Morgan fingerprint density at radius 1 is 0.897 bits per heavy atom.